The van der Waals surface area contributed by atoms with Gasteiger partial charge in [0.2, 0.25) is 0 Å². The van der Waals surface area contributed by atoms with E-state index < -0.39 is 17.3 Å². The predicted octanol–water partition coefficient (Wildman–Crippen LogP) is 6.28. The Hall–Kier alpha value is -3.86. The van der Waals surface area contributed by atoms with Crippen molar-refractivity contribution in [2.45, 2.75) is 44.1 Å². The van der Waals surface area contributed by atoms with Gasteiger partial charge in [-0.2, -0.15) is 0 Å². The molecule has 1 fully saturated rings. The summed E-state index contributed by atoms with van der Waals surface area (Å²) in [6, 6.07) is 9.55. The first kappa shape index (κ1) is 22.9. The number of carbonyl (C=O) groups is 1. The molecule has 1 saturated carbocycles. The number of pyridine rings is 1. The molecule has 35 heavy (non-hydrogen) atoms. The van der Waals surface area contributed by atoms with Crippen LogP contribution in [-0.2, 0) is 10.3 Å². The van der Waals surface area contributed by atoms with Crippen molar-refractivity contribution in [3.8, 4) is 0 Å². The Morgan fingerprint density at radius 1 is 1.17 bits per heavy atom. The highest BCUT2D eigenvalue weighted by atomic mass is 19.1. The summed E-state index contributed by atoms with van der Waals surface area (Å²) in [6.07, 6.45) is 4.99. The molecule has 1 N–H and O–H groups in total. The van der Waals surface area contributed by atoms with Crippen LogP contribution in [0.3, 0.4) is 0 Å². The molecular weight excluding hydrogens is 450 g/mol. The van der Waals surface area contributed by atoms with Gasteiger partial charge in [-0.15, -0.1) is 0 Å². The Labute approximate surface area is 201 Å². The number of imidazole rings is 1. The van der Waals surface area contributed by atoms with Crippen molar-refractivity contribution in [3.05, 3.63) is 82.6 Å². The van der Waals surface area contributed by atoms with Gasteiger partial charge in [0.05, 0.1) is 23.7 Å². The first-order chi connectivity index (χ1) is 16.9. The fourth-order valence-electron chi connectivity index (χ4n) is 5.35. The first-order valence-corrected chi connectivity index (χ1v) is 11.6. The minimum atomic E-state index is -0.978. The van der Waals surface area contributed by atoms with E-state index in [4.69, 9.17) is 6.57 Å². The van der Waals surface area contributed by atoms with Crippen LogP contribution in [0.5, 0.6) is 0 Å². The quantitative estimate of drug-likeness (QED) is 0.279. The van der Waals surface area contributed by atoms with E-state index in [1.165, 1.54) is 19.2 Å². The van der Waals surface area contributed by atoms with Crippen molar-refractivity contribution in [2.75, 3.05) is 7.11 Å². The third-order valence-electron chi connectivity index (χ3n) is 7.41. The highest BCUT2D eigenvalue weighted by Crippen LogP contribution is 2.46. The van der Waals surface area contributed by atoms with Crippen LogP contribution in [0.2, 0.25) is 0 Å². The van der Waals surface area contributed by atoms with Crippen LogP contribution >= 0.6 is 0 Å². The monoisotopic (exact) mass is 474 g/mol. The molecule has 8 heteroatoms. The summed E-state index contributed by atoms with van der Waals surface area (Å²) >= 11 is 0. The smallest absolute Gasteiger partial charge is 0.340 e. The summed E-state index contributed by atoms with van der Waals surface area (Å²) in [4.78, 5) is 27.7. The fourth-order valence-corrected chi connectivity index (χ4v) is 5.35. The van der Waals surface area contributed by atoms with E-state index in [0.717, 1.165) is 42.1 Å². The molecule has 0 amide bonds. The maximum absolute atomic E-state index is 15.0. The maximum Gasteiger partial charge on any atom is 0.340 e. The van der Waals surface area contributed by atoms with Gasteiger partial charge in [-0.25, -0.2) is 25.1 Å². The van der Waals surface area contributed by atoms with E-state index in [0.29, 0.717) is 11.3 Å². The molecule has 2 heterocycles. The number of fused-ring (bicyclic) bond motifs is 2. The van der Waals surface area contributed by atoms with E-state index in [-0.39, 0.29) is 28.7 Å². The normalized spacial score (nSPS) is 19.9. The lowest BCUT2D eigenvalue weighted by Gasteiger charge is -2.33. The van der Waals surface area contributed by atoms with Crippen molar-refractivity contribution >= 4 is 27.9 Å². The summed E-state index contributed by atoms with van der Waals surface area (Å²) in [5.74, 6) is -1.18. The lowest BCUT2D eigenvalue weighted by atomic mass is 9.70. The molecule has 0 aliphatic heterocycles. The van der Waals surface area contributed by atoms with E-state index in [1.807, 2.05) is 13.0 Å². The number of aromatic amines is 1. The van der Waals surface area contributed by atoms with Gasteiger partial charge in [-0.3, -0.25) is 4.98 Å². The van der Waals surface area contributed by atoms with Crippen molar-refractivity contribution in [3.63, 3.8) is 0 Å². The highest BCUT2D eigenvalue weighted by molar-refractivity contribution is 5.94. The van der Waals surface area contributed by atoms with Gasteiger partial charge >= 0.3 is 5.97 Å². The van der Waals surface area contributed by atoms with Crippen molar-refractivity contribution in [1.82, 2.24) is 15.0 Å². The van der Waals surface area contributed by atoms with Crippen LogP contribution in [-0.4, -0.2) is 28.0 Å². The first-order valence-electron chi connectivity index (χ1n) is 11.6. The zero-order valence-electron chi connectivity index (χ0n) is 19.4. The van der Waals surface area contributed by atoms with Crippen LogP contribution in [0.4, 0.5) is 8.78 Å². The average molecular weight is 475 g/mol. The number of esters is 1. The largest absolute Gasteiger partial charge is 0.465 e. The van der Waals surface area contributed by atoms with Gasteiger partial charge < -0.3 is 14.6 Å². The topological polar surface area (TPSA) is 72.2 Å². The number of hydrogen-bond acceptors (Lipinski definition) is 4. The zero-order valence-corrected chi connectivity index (χ0v) is 19.4. The summed E-state index contributed by atoms with van der Waals surface area (Å²) < 4.78 is 33.5. The number of aromatic nitrogens is 3. The molecule has 2 aromatic carbocycles. The molecule has 6 nitrogen and oxygen atoms in total. The lowest BCUT2D eigenvalue weighted by Crippen LogP contribution is -2.33. The molecular formula is C27H24F2N4O2. The molecule has 0 bridgehead atoms. The highest BCUT2D eigenvalue weighted by Gasteiger charge is 2.47. The van der Waals surface area contributed by atoms with Crippen molar-refractivity contribution in [1.29, 1.82) is 0 Å². The summed E-state index contributed by atoms with van der Waals surface area (Å²) in [5.41, 5.74) is 1.14. The number of H-pyrrole nitrogens is 1. The minimum Gasteiger partial charge on any atom is -0.465 e. The zero-order chi connectivity index (χ0) is 24.7. The van der Waals surface area contributed by atoms with Crippen LogP contribution in [0.15, 0.2) is 42.6 Å². The number of benzene rings is 2. The van der Waals surface area contributed by atoms with Gasteiger partial charge in [-0.05, 0) is 73.6 Å². The van der Waals surface area contributed by atoms with Crippen LogP contribution in [0.25, 0.3) is 26.8 Å². The summed E-state index contributed by atoms with van der Waals surface area (Å²) in [6.45, 7) is 9.82. The van der Waals surface area contributed by atoms with Crippen molar-refractivity contribution in [2.24, 2.45) is 5.92 Å². The number of hydrogen-bond donors (Lipinski definition) is 1. The van der Waals surface area contributed by atoms with Gasteiger partial charge in [0.1, 0.15) is 11.3 Å². The third kappa shape index (κ3) is 3.81. The molecule has 2 aromatic heterocycles. The molecule has 1 unspecified atom stereocenters. The number of nitrogens with zero attached hydrogens (tertiary/aromatic N) is 3. The summed E-state index contributed by atoms with van der Waals surface area (Å²) in [7, 11) is 1.19. The van der Waals surface area contributed by atoms with E-state index in [9.17, 15) is 13.6 Å². The van der Waals surface area contributed by atoms with Crippen LogP contribution < -0.4 is 0 Å². The molecule has 1 aliphatic rings. The number of ether oxygens (including phenoxy) is 1. The Morgan fingerprint density at radius 3 is 2.66 bits per heavy atom. The third-order valence-corrected chi connectivity index (χ3v) is 7.41. The Bertz CT molecular complexity index is 1480. The molecule has 0 spiro atoms. The number of rotatable bonds is 4. The minimum absolute atomic E-state index is 0.00443. The van der Waals surface area contributed by atoms with Crippen LogP contribution in [0, 0.1) is 24.1 Å². The summed E-state index contributed by atoms with van der Waals surface area (Å²) in [5, 5.41) is 0.832. The molecule has 4 aromatic rings. The lowest BCUT2D eigenvalue weighted by molar-refractivity contribution is 0.0596. The Morgan fingerprint density at radius 2 is 1.94 bits per heavy atom. The molecule has 1 atom stereocenters. The predicted molar refractivity (Wildman–Crippen MR) is 128 cm³/mol. The number of halogens is 2. The van der Waals surface area contributed by atoms with Gasteiger partial charge in [0.15, 0.2) is 11.6 Å². The van der Waals surface area contributed by atoms with Crippen LogP contribution in [0.1, 0.15) is 60.3 Å². The van der Waals surface area contributed by atoms with Gasteiger partial charge in [0.25, 0.3) is 5.54 Å². The number of carbonyl (C=O) groups excluding carboxylic acids is 1. The number of nitrogens with one attached hydrogen (secondary N) is 1. The molecule has 1 aliphatic carbocycles. The van der Waals surface area contributed by atoms with Gasteiger partial charge in [-0.1, -0.05) is 0 Å². The molecule has 5 rings (SSSR count). The average Bonchev–Trinajstić information content (AvgIpc) is 3.34. The van der Waals surface area contributed by atoms with Gasteiger partial charge in [0, 0.05) is 24.4 Å². The second kappa shape index (κ2) is 8.73. The second-order valence-electron chi connectivity index (χ2n) is 9.27. The molecule has 178 valence electrons. The SMILES string of the molecule is [C-]#[N+]C(C)(c1nc2c(F)c(C(=O)OC)ccc2[nH]1)C1CCC(c2ccnc3ccc(F)cc23)CC1. The second-order valence-corrected chi connectivity index (χ2v) is 9.27. The number of methoxy groups -OCH3 is 1. The van der Waals surface area contributed by atoms with E-state index >= 15 is 0 Å². The molecule has 0 saturated heterocycles. The standard InChI is InChI=1S/C27H24F2N4O2/c1-27(30-2,26-32-22-11-9-19(25(34)35-3)23(29)24(22)33-26)16-6-4-15(5-7-16)18-12-13-31-21-10-8-17(28)14-20(18)21/h8-16H,4-7H2,1,3H3,(H,32,33). The fraction of sp³-hybridized carbons (Fsp3) is 0.333. The van der Waals surface area contributed by atoms with Crippen molar-refractivity contribution < 1.29 is 18.3 Å². The molecule has 0 radical (unpaired) electrons. The Balaban J connectivity index is 1.42. The van der Waals surface area contributed by atoms with E-state index in [2.05, 4.69) is 24.5 Å². The van der Waals surface area contributed by atoms with E-state index in [1.54, 1.807) is 24.4 Å². The Kier molecular flexibility index (Phi) is 5.72. The maximum atomic E-state index is 15.0.